The van der Waals surface area contributed by atoms with Crippen molar-refractivity contribution in [1.29, 1.82) is 0 Å². The third-order valence-electron chi connectivity index (χ3n) is 4.41. The average molecular weight is 358 g/mol. The SMILES string of the molecule is C[C@@H](NCc1csc(C(C)(C)C)n1)c1ccc(NC(=O)C2CC2)cc1. The number of nitrogens with zero attached hydrogens (tertiary/aromatic N) is 1. The molecule has 0 radical (unpaired) electrons. The van der Waals surface area contributed by atoms with Gasteiger partial charge in [0.1, 0.15) is 0 Å². The maximum absolute atomic E-state index is 11.8. The Morgan fingerprint density at radius 2 is 1.96 bits per heavy atom. The van der Waals surface area contributed by atoms with E-state index in [1.165, 1.54) is 10.6 Å². The molecule has 2 aromatic rings. The maximum Gasteiger partial charge on any atom is 0.227 e. The van der Waals surface area contributed by atoms with Crippen LogP contribution in [0.5, 0.6) is 0 Å². The molecule has 0 spiro atoms. The van der Waals surface area contributed by atoms with E-state index >= 15 is 0 Å². The van der Waals surface area contributed by atoms with E-state index in [2.05, 4.69) is 55.8 Å². The molecule has 1 amide bonds. The molecular weight excluding hydrogens is 330 g/mol. The molecule has 3 rings (SSSR count). The third-order valence-corrected chi connectivity index (χ3v) is 5.73. The topological polar surface area (TPSA) is 54.0 Å². The Morgan fingerprint density at radius 1 is 1.28 bits per heavy atom. The molecule has 1 aromatic heterocycles. The zero-order chi connectivity index (χ0) is 18.0. The second-order valence-corrected chi connectivity index (χ2v) is 8.74. The first-order chi connectivity index (χ1) is 11.8. The second kappa shape index (κ2) is 7.26. The minimum absolute atomic E-state index is 0.106. The number of carbonyl (C=O) groups is 1. The highest BCUT2D eigenvalue weighted by atomic mass is 32.1. The first-order valence-corrected chi connectivity index (χ1v) is 9.80. The van der Waals surface area contributed by atoms with E-state index in [1.807, 2.05) is 12.1 Å². The molecule has 1 heterocycles. The molecule has 1 fully saturated rings. The molecule has 1 aliphatic carbocycles. The summed E-state index contributed by atoms with van der Waals surface area (Å²) < 4.78 is 0. The molecular formula is C20H27N3OS. The van der Waals surface area contributed by atoms with Crippen molar-refractivity contribution in [2.75, 3.05) is 5.32 Å². The van der Waals surface area contributed by atoms with Gasteiger partial charge in [-0.3, -0.25) is 4.79 Å². The number of hydrogen-bond donors (Lipinski definition) is 2. The highest BCUT2D eigenvalue weighted by Gasteiger charge is 2.29. The summed E-state index contributed by atoms with van der Waals surface area (Å²) in [5.74, 6) is 0.383. The van der Waals surface area contributed by atoms with Gasteiger partial charge in [-0.25, -0.2) is 4.98 Å². The highest BCUT2D eigenvalue weighted by Crippen LogP contribution is 2.30. The van der Waals surface area contributed by atoms with Crippen molar-refractivity contribution in [3.63, 3.8) is 0 Å². The lowest BCUT2D eigenvalue weighted by Gasteiger charge is -2.15. The van der Waals surface area contributed by atoms with Crippen LogP contribution >= 0.6 is 11.3 Å². The van der Waals surface area contributed by atoms with Crippen molar-refractivity contribution >= 4 is 22.9 Å². The summed E-state index contributed by atoms with van der Waals surface area (Å²) in [5.41, 5.74) is 3.28. The molecule has 1 atom stereocenters. The van der Waals surface area contributed by atoms with Crippen LogP contribution < -0.4 is 10.6 Å². The Kier molecular flexibility index (Phi) is 5.25. The summed E-state index contributed by atoms with van der Waals surface area (Å²) >= 11 is 1.73. The lowest BCUT2D eigenvalue weighted by molar-refractivity contribution is -0.117. The monoisotopic (exact) mass is 357 g/mol. The third kappa shape index (κ3) is 4.89. The molecule has 134 valence electrons. The summed E-state index contributed by atoms with van der Waals surface area (Å²) in [4.78, 5) is 16.5. The summed E-state index contributed by atoms with van der Waals surface area (Å²) in [5, 5.41) is 9.81. The fraction of sp³-hybridized carbons (Fsp3) is 0.500. The van der Waals surface area contributed by atoms with Gasteiger partial charge in [0.2, 0.25) is 5.91 Å². The minimum Gasteiger partial charge on any atom is -0.326 e. The van der Waals surface area contributed by atoms with Crippen LogP contribution in [-0.2, 0) is 16.8 Å². The molecule has 1 aliphatic rings. The van der Waals surface area contributed by atoms with Crippen LogP contribution in [0.1, 0.15) is 62.8 Å². The van der Waals surface area contributed by atoms with Crippen molar-refractivity contribution in [2.24, 2.45) is 5.92 Å². The van der Waals surface area contributed by atoms with Crippen molar-refractivity contribution in [3.8, 4) is 0 Å². The van der Waals surface area contributed by atoms with Gasteiger partial charge < -0.3 is 10.6 Å². The number of nitrogens with one attached hydrogen (secondary N) is 2. The van der Waals surface area contributed by atoms with Crippen LogP contribution in [0, 0.1) is 5.92 Å². The minimum atomic E-state index is 0.106. The van der Waals surface area contributed by atoms with Crippen LogP contribution in [0.25, 0.3) is 0 Å². The first kappa shape index (κ1) is 18.1. The van der Waals surface area contributed by atoms with Crippen molar-refractivity contribution < 1.29 is 4.79 Å². The smallest absolute Gasteiger partial charge is 0.227 e. The van der Waals surface area contributed by atoms with Crippen LogP contribution in [0.2, 0.25) is 0 Å². The number of aromatic nitrogens is 1. The molecule has 0 unspecified atom stereocenters. The molecule has 0 saturated heterocycles. The zero-order valence-electron chi connectivity index (χ0n) is 15.4. The zero-order valence-corrected chi connectivity index (χ0v) is 16.2. The molecule has 0 bridgehead atoms. The number of anilines is 1. The number of hydrogen-bond acceptors (Lipinski definition) is 4. The Morgan fingerprint density at radius 3 is 2.52 bits per heavy atom. The fourth-order valence-electron chi connectivity index (χ4n) is 2.55. The van der Waals surface area contributed by atoms with E-state index in [1.54, 1.807) is 11.3 Å². The van der Waals surface area contributed by atoms with E-state index < -0.39 is 0 Å². The van der Waals surface area contributed by atoms with Crippen LogP contribution in [0.15, 0.2) is 29.6 Å². The average Bonchev–Trinajstić information content (AvgIpc) is 3.30. The fourth-order valence-corrected chi connectivity index (χ4v) is 3.46. The maximum atomic E-state index is 11.8. The summed E-state index contributed by atoms with van der Waals surface area (Å²) in [6, 6.07) is 8.33. The predicted molar refractivity (Wildman–Crippen MR) is 104 cm³/mol. The molecule has 4 nitrogen and oxygen atoms in total. The van der Waals surface area contributed by atoms with E-state index in [0.29, 0.717) is 0 Å². The standard InChI is InChI=1S/C20H27N3OS/c1-13(21-11-17-12-25-19(23-17)20(2,3)4)14-7-9-16(10-8-14)22-18(24)15-5-6-15/h7-10,12-13,15,21H,5-6,11H2,1-4H3,(H,22,24)/t13-/m1/s1. The van der Waals surface area contributed by atoms with Crippen molar-refractivity contribution in [1.82, 2.24) is 10.3 Å². The lowest BCUT2D eigenvalue weighted by atomic mass is 9.98. The number of carbonyl (C=O) groups excluding carboxylic acids is 1. The van der Waals surface area contributed by atoms with E-state index in [9.17, 15) is 4.79 Å². The van der Waals surface area contributed by atoms with E-state index in [0.717, 1.165) is 30.8 Å². The van der Waals surface area contributed by atoms with Crippen molar-refractivity contribution in [3.05, 3.63) is 45.9 Å². The molecule has 1 saturated carbocycles. The van der Waals surface area contributed by atoms with Crippen LogP contribution in [-0.4, -0.2) is 10.9 Å². The second-order valence-electron chi connectivity index (χ2n) is 7.88. The van der Waals surface area contributed by atoms with Gasteiger partial charge in [0.25, 0.3) is 0 Å². The number of amides is 1. The number of thiazole rings is 1. The Labute approximate surface area is 154 Å². The molecule has 1 aromatic carbocycles. The van der Waals surface area contributed by atoms with Crippen molar-refractivity contribution in [2.45, 2.75) is 58.5 Å². The van der Waals surface area contributed by atoms with Gasteiger partial charge >= 0.3 is 0 Å². The molecule has 2 N–H and O–H groups in total. The molecule has 25 heavy (non-hydrogen) atoms. The van der Waals surface area contributed by atoms with Crippen LogP contribution in [0.4, 0.5) is 5.69 Å². The Hall–Kier alpha value is -1.72. The lowest BCUT2D eigenvalue weighted by Crippen LogP contribution is -2.19. The van der Waals surface area contributed by atoms with E-state index in [4.69, 9.17) is 4.98 Å². The Balaban J connectivity index is 1.53. The largest absolute Gasteiger partial charge is 0.326 e. The van der Waals surface area contributed by atoms with Gasteiger partial charge in [0, 0.05) is 35.0 Å². The summed E-state index contributed by atoms with van der Waals surface area (Å²) in [6.07, 6.45) is 2.05. The molecule has 5 heteroatoms. The normalized spacial score (nSPS) is 15.8. The Bertz CT molecular complexity index is 726. The van der Waals surface area contributed by atoms with Gasteiger partial charge in [-0.05, 0) is 37.5 Å². The molecule has 0 aliphatic heterocycles. The predicted octanol–water partition coefficient (Wildman–Crippen LogP) is 4.64. The number of benzene rings is 1. The van der Waals surface area contributed by atoms with Gasteiger partial charge in [-0.1, -0.05) is 32.9 Å². The van der Waals surface area contributed by atoms with Gasteiger partial charge in [0.15, 0.2) is 0 Å². The van der Waals surface area contributed by atoms with Gasteiger partial charge in [-0.2, -0.15) is 0 Å². The van der Waals surface area contributed by atoms with Gasteiger partial charge in [0.05, 0.1) is 10.7 Å². The van der Waals surface area contributed by atoms with Gasteiger partial charge in [-0.15, -0.1) is 11.3 Å². The quantitative estimate of drug-likeness (QED) is 0.792. The van der Waals surface area contributed by atoms with E-state index in [-0.39, 0.29) is 23.3 Å². The number of rotatable bonds is 6. The summed E-state index contributed by atoms with van der Waals surface area (Å²) in [7, 11) is 0. The highest BCUT2D eigenvalue weighted by molar-refractivity contribution is 7.09. The summed E-state index contributed by atoms with van der Waals surface area (Å²) in [6.45, 7) is 9.47. The first-order valence-electron chi connectivity index (χ1n) is 8.92. The van der Waals surface area contributed by atoms with Crippen LogP contribution in [0.3, 0.4) is 0 Å².